The quantitative estimate of drug-likeness (QED) is 0.595. The molecule has 2 aliphatic heterocycles. The first-order valence-corrected chi connectivity index (χ1v) is 15.0. The summed E-state index contributed by atoms with van der Waals surface area (Å²) in [5, 5.41) is 0. The number of rotatable bonds is 2. The van der Waals surface area contributed by atoms with Gasteiger partial charge in [-0.3, -0.25) is 19.2 Å². The van der Waals surface area contributed by atoms with Crippen molar-refractivity contribution < 1.29 is 19.2 Å². The van der Waals surface area contributed by atoms with Crippen molar-refractivity contribution in [1.29, 1.82) is 0 Å². The van der Waals surface area contributed by atoms with E-state index in [1.165, 1.54) is 0 Å². The second-order valence-corrected chi connectivity index (χ2v) is 14.7. The number of fused-ring (bicyclic) bond motifs is 4. The SMILES string of the molecule is Cc1c[nH]c2c1C13C(=CC2=O)N(C(=O)C24CC5(C(=O)N6CC[C@@]7(C)C6=CC(=O)c6[nH]cc(C)c67)CC25C4)CC1[C@H]3C. The first kappa shape index (κ1) is 22.9. The summed E-state index contributed by atoms with van der Waals surface area (Å²) in [6.07, 6.45) is 10.1. The Morgan fingerprint density at radius 1 is 0.854 bits per heavy atom. The Balaban J connectivity index is 0.947. The highest BCUT2D eigenvalue weighted by Crippen LogP contribution is 3.01. The summed E-state index contributed by atoms with van der Waals surface area (Å²) < 4.78 is 0. The van der Waals surface area contributed by atoms with Gasteiger partial charge in [0.25, 0.3) is 0 Å². The van der Waals surface area contributed by atoms with Crippen LogP contribution in [0, 0.1) is 41.9 Å². The number of nitrogens with zero attached hydrogens (tertiary/aromatic N) is 2. The summed E-state index contributed by atoms with van der Waals surface area (Å²) in [6, 6.07) is 0. The molecular weight excluding hydrogens is 516 g/mol. The largest absolute Gasteiger partial charge is 0.358 e. The van der Waals surface area contributed by atoms with E-state index in [4.69, 9.17) is 0 Å². The lowest BCUT2D eigenvalue weighted by Gasteiger charge is -2.40. The lowest BCUT2D eigenvalue weighted by atomic mass is 9.71. The number of hydrogen-bond acceptors (Lipinski definition) is 4. The highest BCUT2D eigenvalue weighted by atomic mass is 16.2. The van der Waals surface area contributed by atoms with Gasteiger partial charge in [0.05, 0.1) is 22.2 Å². The highest BCUT2D eigenvalue weighted by Gasteiger charge is 3.02. The molecule has 8 nitrogen and oxygen atoms in total. The number of aromatic amines is 2. The summed E-state index contributed by atoms with van der Waals surface area (Å²) in [5.74, 6) is 0.834. The van der Waals surface area contributed by atoms with Gasteiger partial charge in [-0.25, -0.2) is 0 Å². The van der Waals surface area contributed by atoms with Crippen molar-refractivity contribution in [3.8, 4) is 0 Å². The standard InChI is InChI=1S/C33H32N4O4/c1-15-9-34-25-19(38)7-21-29(4,23(15)25)5-6-36(21)27(40)30-12-31(14-32(30,31)13-30)28(41)37-11-18-17(3)33(18)22(37)8-20(39)26-24(33)16(2)10-35-26/h7-10,17-18,34-35H,5-6,11-14H2,1-4H3/t17-,18?,29+,30?,31?,32?,33?/m1/s1. The molecular formula is C33H32N4O4. The van der Waals surface area contributed by atoms with Gasteiger partial charge in [0.15, 0.2) is 0 Å². The maximum Gasteiger partial charge on any atom is 0.233 e. The van der Waals surface area contributed by atoms with Crippen LogP contribution in [0.2, 0.25) is 0 Å². The highest BCUT2D eigenvalue weighted by molar-refractivity contribution is 6.10. The molecule has 5 unspecified atom stereocenters. The second-order valence-electron chi connectivity index (χ2n) is 14.7. The summed E-state index contributed by atoms with van der Waals surface area (Å²) in [6.45, 7) is 9.71. The van der Waals surface area contributed by atoms with E-state index in [1.807, 2.05) is 36.0 Å². The van der Waals surface area contributed by atoms with Gasteiger partial charge in [-0.05, 0) is 80.5 Å². The third kappa shape index (κ3) is 2.00. The van der Waals surface area contributed by atoms with Gasteiger partial charge < -0.3 is 19.8 Å². The minimum Gasteiger partial charge on any atom is -0.358 e. The third-order valence-corrected chi connectivity index (χ3v) is 13.4. The second kappa shape index (κ2) is 6.08. The summed E-state index contributed by atoms with van der Waals surface area (Å²) in [4.78, 5) is 64.8. The molecule has 2 spiro atoms. The van der Waals surface area contributed by atoms with Gasteiger partial charge in [0.2, 0.25) is 23.4 Å². The predicted molar refractivity (Wildman–Crippen MR) is 147 cm³/mol. The van der Waals surface area contributed by atoms with Gasteiger partial charge >= 0.3 is 0 Å². The molecule has 2 amide bonds. The van der Waals surface area contributed by atoms with Crippen LogP contribution in [0.5, 0.6) is 0 Å². The zero-order valence-electron chi connectivity index (χ0n) is 23.7. The summed E-state index contributed by atoms with van der Waals surface area (Å²) in [5.41, 5.74) is 5.48. The van der Waals surface area contributed by atoms with Gasteiger partial charge in [-0.15, -0.1) is 0 Å². The first-order valence-electron chi connectivity index (χ1n) is 15.0. The minimum absolute atomic E-state index is 0.0490. The number of aryl methyl sites for hydroxylation is 2. The van der Waals surface area contributed by atoms with Gasteiger partial charge in [0, 0.05) is 65.3 Å². The topological polar surface area (TPSA) is 106 Å². The Kier molecular flexibility index (Phi) is 3.40. The maximum absolute atomic E-state index is 14.3. The van der Waals surface area contributed by atoms with E-state index in [0.717, 1.165) is 52.9 Å². The van der Waals surface area contributed by atoms with Gasteiger partial charge in [-0.1, -0.05) is 6.92 Å². The number of carbonyl (C=O) groups is 4. The average Bonchev–Trinajstić information content (AvgIpc) is 3.48. The van der Waals surface area contributed by atoms with E-state index in [-0.39, 0.29) is 39.6 Å². The molecule has 208 valence electrons. The molecule has 2 aromatic heterocycles. The molecule has 6 aliphatic carbocycles. The van der Waals surface area contributed by atoms with Crippen LogP contribution in [-0.2, 0) is 20.4 Å². The Hall–Kier alpha value is -3.68. The molecule has 2 saturated heterocycles. The normalized spacial score (nSPS) is 43.0. The van der Waals surface area contributed by atoms with Gasteiger partial charge in [-0.2, -0.15) is 0 Å². The molecule has 4 heterocycles. The van der Waals surface area contributed by atoms with Crippen LogP contribution >= 0.6 is 0 Å². The van der Waals surface area contributed by atoms with Gasteiger partial charge in [0.1, 0.15) is 0 Å². The zero-order chi connectivity index (χ0) is 28.2. The van der Waals surface area contributed by atoms with Crippen LogP contribution in [0.3, 0.4) is 0 Å². The fourth-order valence-corrected chi connectivity index (χ4v) is 11.4. The zero-order valence-corrected chi connectivity index (χ0v) is 23.7. The molecule has 0 aromatic carbocycles. The van der Waals surface area contributed by atoms with Crippen LogP contribution in [0.4, 0.5) is 0 Å². The number of nitrogens with one attached hydrogen (secondary N) is 2. The van der Waals surface area contributed by atoms with E-state index in [9.17, 15) is 19.2 Å². The third-order valence-electron chi connectivity index (χ3n) is 13.4. The molecule has 6 fully saturated rings. The summed E-state index contributed by atoms with van der Waals surface area (Å²) in [7, 11) is 0. The molecule has 8 aliphatic rings. The molecule has 41 heavy (non-hydrogen) atoms. The van der Waals surface area contributed by atoms with E-state index in [0.29, 0.717) is 42.7 Å². The molecule has 4 saturated carbocycles. The molecule has 2 aromatic rings. The van der Waals surface area contributed by atoms with Crippen molar-refractivity contribution >= 4 is 23.4 Å². The van der Waals surface area contributed by atoms with Crippen LogP contribution in [0.25, 0.3) is 0 Å². The lowest BCUT2D eigenvalue weighted by molar-refractivity contribution is -0.146. The number of likely N-dealkylation sites (tertiary alicyclic amines) is 2. The Labute approximate surface area is 237 Å². The number of allylic oxidation sites excluding steroid dienone is 4. The Morgan fingerprint density at radius 2 is 1.44 bits per heavy atom. The van der Waals surface area contributed by atoms with E-state index < -0.39 is 10.8 Å². The fourth-order valence-electron chi connectivity index (χ4n) is 11.4. The number of ketones is 2. The molecule has 8 heteroatoms. The van der Waals surface area contributed by atoms with Crippen molar-refractivity contribution in [2.75, 3.05) is 13.1 Å². The van der Waals surface area contributed by atoms with Crippen molar-refractivity contribution in [3.05, 3.63) is 69.6 Å². The Bertz CT molecular complexity index is 1840. The fraction of sp³-hybridized carbons (Fsp3) is 0.515. The van der Waals surface area contributed by atoms with Crippen molar-refractivity contribution in [2.24, 2.45) is 28.1 Å². The van der Waals surface area contributed by atoms with E-state index in [2.05, 4.69) is 23.8 Å². The lowest BCUT2D eigenvalue weighted by Crippen LogP contribution is -2.49. The maximum atomic E-state index is 14.3. The van der Waals surface area contributed by atoms with Crippen molar-refractivity contribution in [3.63, 3.8) is 0 Å². The van der Waals surface area contributed by atoms with E-state index in [1.54, 1.807) is 12.2 Å². The molecule has 7 atom stereocenters. The molecule has 0 bridgehead atoms. The van der Waals surface area contributed by atoms with Crippen LogP contribution < -0.4 is 0 Å². The van der Waals surface area contributed by atoms with Crippen molar-refractivity contribution in [1.82, 2.24) is 19.8 Å². The summed E-state index contributed by atoms with van der Waals surface area (Å²) >= 11 is 0. The number of carbonyl (C=O) groups excluding carboxylic acids is 4. The smallest absolute Gasteiger partial charge is 0.233 e. The van der Waals surface area contributed by atoms with E-state index >= 15 is 0 Å². The number of H-pyrrole nitrogens is 2. The Morgan fingerprint density at radius 3 is 2.10 bits per heavy atom. The van der Waals surface area contributed by atoms with Crippen molar-refractivity contribution in [2.45, 2.75) is 64.2 Å². The minimum atomic E-state index is -0.486. The number of aromatic nitrogens is 2. The van der Waals surface area contributed by atoms with Crippen LogP contribution in [0.15, 0.2) is 35.9 Å². The number of amides is 2. The van der Waals surface area contributed by atoms with Crippen LogP contribution in [-0.4, -0.2) is 56.2 Å². The molecule has 0 radical (unpaired) electrons. The monoisotopic (exact) mass is 548 g/mol. The first-order chi connectivity index (χ1) is 19.5. The number of hydrogen-bond donors (Lipinski definition) is 2. The average molecular weight is 549 g/mol. The molecule has 10 rings (SSSR count). The number of piperidine rings is 1. The predicted octanol–water partition coefficient (Wildman–Crippen LogP) is 3.83. The molecule has 2 N–H and O–H groups in total. The van der Waals surface area contributed by atoms with Crippen LogP contribution in [0.1, 0.15) is 82.8 Å².